The van der Waals surface area contributed by atoms with Crippen molar-refractivity contribution in [2.45, 2.75) is 0 Å². The van der Waals surface area contributed by atoms with E-state index in [1.807, 2.05) is 18.2 Å². The molecule has 1 fully saturated rings. The van der Waals surface area contributed by atoms with Crippen LogP contribution < -0.4 is 4.90 Å². The van der Waals surface area contributed by atoms with Gasteiger partial charge in [-0.05, 0) is 36.4 Å². The number of carbonyl (C=O) groups is 1. The molecule has 5 nitrogen and oxygen atoms in total. The molecule has 0 atom stereocenters. The van der Waals surface area contributed by atoms with Crippen LogP contribution in [0.2, 0.25) is 10.0 Å². The highest BCUT2D eigenvalue weighted by Gasteiger charge is 2.24. The minimum atomic E-state index is -0.172. The summed E-state index contributed by atoms with van der Waals surface area (Å²) < 4.78 is 7.16. The quantitative estimate of drug-likeness (QED) is 0.460. The number of carbonyl (C=O) groups excluding carboxylic acids is 1. The molecule has 0 bridgehead atoms. The van der Waals surface area contributed by atoms with Gasteiger partial charge in [0.2, 0.25) is 0 Å². The molecule has 0 spiro atoms. The number of benzene rings is 2. The minimum absolute atomic E-state index is 0.172. The van der Waals surface area contributed by atoms with E-state index >= 15 is 0 Å². The van der Waals surface area contributed by atoms with Crippen molar-refractivity contribution in [2.75, 3.05) is 44.3 Å². The van der Waals surface area contributed by atoms with Crippen LogP contribution in [0, 0.1) is 0 Å². The average molecular weight is 515 g/mol. The van der Waals surface area contributed by atoms with Gasteiger partial charge in [0.15, 0.2) is 5.13 Å². The standard InChI is InChI=1S/C20H18BrCl2N3O2S/c21-13-1-3-16(23)15(11-13)19(27)26(6-5-25-7-9-28-10-8-25)20-24-17-4-2-14(22)12-18(17)29-20/h1-4,11-12H,5-10H2. The Bertz CT molecular complexity index is 1040. The van der Waals surface area contributed by atoms with Crippen LogP contribution in [0.25, 0.3) is 10.2 Å². The zero-order valence-corrected chi connectivity index (χ0v) is 19.3. The number of morpholine rings is 1. The van der Waals surface area contributed by atoms with Crippen molar-refractivity contribution in [2.24, 2.45) is 0 Å². The van der Waals surface area contributed by atoms with Crippen LogP contribution in [0.3, 0.4) is 0 Å². The van der Waals surface area contributed by atoms with Gasteiger partial charge in [0.25, 0.3) is 5.91 Å². The molecule has 1 aliphatic heterocycles. The first-order valence-electron chi connectivity index (χ1n) is 9.14. The SMILES string of the molecule is O=C(c1cc(Br)ccc1Cl)N(CCN1CCOCC1)c1nc2ccc(Cl)cc2s1. The van der Waals surface area contributed by atoms with Crippen LogP contribution in [-0.4, -0.2) is 55.2 Å². The van der Waals surface area contributed by atoms with Gasteiger partial charge in [-0.1, -0.05) is 50.5 Å². The van der Waals surface area contributed by atoms with E-state index in [1.165, 1.54) is 11.3 Å². The molecule has 3 aromatic rings. The van der Waals surface area contributed by atoms with Gasteiger partial charge in [0, 0.05) is 35.7 Å². The predicted octanol–water partition coefficient (Wildman–Crippen LogP) is 5.34. The fraction of sp³-hybridized carbons (Fsp3) is 0.300. The highest BCUT2D eigenvalue weighted by Crippen LogP contribution is 2.32. The zero-order valence-electron chi connectivity index (χ0n) is 15.4. The number of nitrogens with zero attached hydrogens (tertiary/aromatic N) is 3. The minimum Gasteiger partial charge on any atom is -0.379 e. The molecule has 1 amide bonds. The van der Waals surface area contributed by atoms with Crippen LogP contribution in [0.15, 0.2) is 40.9 Å². The van der Waals surface area contributed by atoms with Crippen LogP contribution >= 0.6 is 50.5 Å². The first kappa shape index (κ1) is 21.0. The number of hydrogen-bond donors (Lipinski definition) is 0. The molecule has 0 unspecified atom stereocenters. The van der Waals surface area contributed by atoms with E-state index in [4.69, 9.17) is 27.9 Å². The number of ether oxygens (including phenoxy) is 1. The summed E-state index contributed by atoms with van der Waals surface area (Å²) in [5.41, 5.74) is 1.26. The predicted molar refractivity (Wildman–Crippen MR) is 123 cm³/mol. The smallest absolute Gasteiger partial charge is 0.261 e. The lowest BCUT2D eigenvalue weighted by atomic mass is 10.2. The summed E-state index contributed by atoms with van der Waals surface area (Å²) in [7, 11) is 0. The van der Waals surface area contributed by atoms with Gasteiger partial charge >= 0.3 is 0 Å². The fourth-order valence-electron chi connectivity index (χ4n) is 3.16. The van der Waals surface area contributed by atoms with E-state index in [9.17, 15) is 4.79 Å². The topological polar surface area (TPSA) is 45.7 Å². The molecule has 0 radical (unpaired) electrons. The second kappa shape index (κ2) is 9.29. The molecule has 0 N–H and O–H groups in total. The number of hydrogen-bond acceptors (Lipinski definition) is 5. The van der Waals surface area contributed by atoms with Crippen molar-refractivity contribution < 1.29 is 9.53 Å². The Balaban J connectivity index is 1.67. The molecule has 152 valence electrons. The third kappa shape index (κ3) is 4.93. The summed E-state index contributed by atoms with van der Waals surface area (Å²) in [5.74, 6) is -0.172. The lowest BCUT2D eigenvalue weighted by molar-refractivity contribution is 0.0391. The molecule has 2 heterocycles. The molecule has 1 aromatic heterocycles. The van der Waals surface area contributed by atoms with Crippen molar-refractivity contribution >= 4 is 71.7 Å². The normalized spacial score (nSPS) is 15.0. The number of halogens is 3. The molecule has 1 aliphatic rings. The molecular weight excluding hydrogens is 497 g/mol. The third-order valence-electron chi connectivity index (χ3n) is 4.72. The Morgan fingerprint density at radius 3 is 2.79 bits per heavy atom. The highest BCUT2D eigenvalue weighted by atomic mass is 79.9. The van der Waals surface area contributed by atoms with Crippen molar-refractivity contribution in [1.82, 2.24) is 9.88 Å². The lowest BCUT2D eigenvalue weighted by Gasteiger charge is -2.29. The third-order valence-corrected chi connectivity index (χ3v) is 6.82. The van der Waals surface area contributed by atoms with Crippen molar-refractivity contribution in [3.63, 3.8) is 0 Å². The molecule has 9 heteroatoms. The average Bonchev–Trinajstić information content (AvgIpc) is 3.13. The van der Waals surface area contributed by atoms with Crippen molar-refractivity contribution in [1.29, 1.82) is 0 Å². The second-order valence-electron chi connectivity index (χ2n) is 6.64. The molecule has 4 rings (SSSR count). The van der Waals surface area contributed by atoms with E-state index in [1.54, 1.807) is 23.1 Å². The monoisotopic (exact) mass is 513 g/mol. The number of amides is 1. The maximum atomic E-state index is 13.5. The van der Waals surface area contributed by atoms with Crippen LogP contribution in [0.1, 0.15) is 10.4 Å². The van der Waals surface area contributed by atoms with Gasteiger partial charge in [0.05, 0.1) is 34.0 Å². The van der Waals surface area contributed by atoms with E-state index in [0.29, 0.717) is 40.5 Å². The van der Waals surface area contributed by atoms with Gasteiger partial charge < -0.3 is 4.74 Å². The van der Waals surface area contributed by atoms with Gasteiger partial charge in [-0.2, -0.15) is 0 Å². The van der Waals surface area contributed by atoms with Gasteiger partial charge in [0.1, 0.15) is 0 Å². The molecular formula is C20H18BrCl2N3O2S. The highest BCUT2D eigenvalue weighted by molar-refractivity contribution is 9.10. The van der Waals surface area contributed by atoms with Crippen LogP contribution in [0.5, 0.6) is 0 Å². The maximum absolute atomic E-state index is 13.5. The van der Waals surface area contributed by atoms with Crippen LogP contribution in [-0.2, 0) is 4.74 Å². The van der Waals surface area contributed by atoms with E-state index in [2.05, 4.69) is 25.8 Å². The molecule has 1 saturated heterocycles. The summed E-state index contributed by atoms with van der Waals surface area (Å²) in [5, 5.41) is 1.70. The zero-order chi connectivity index (χ0) is 20.4. The van der Waals surface area contributed by atoms with E-state index in [-0.39, 0.29) is 5.91 Å². The molecule has 29 heavy (non-hydrogen) atoms. The Kier molecular flexibility index (Phi) is 6.73. The summed E-state index contributed by atoms with van der Waals surface area (Å²) in [4.78, 5) is 22.1. The second-order valence-corrected chi connectivity index (χ2v) is 9.41. The van der Waals surface area contributed by atoms with Gasteiger partial charge in [-0.25, -0.2) is 4.98 Å². The molecule has 0 saturated carbocycles. The Hall–Kier alpha value is -1.22. The van der Waals surface area contributed by atoms with Crippen LogP contribution in [0.4, 0.5) is 5.13 Å². The van der Waals surface area contributed by atoms with Gasteiger partial charge in [-0.15, -0.1) is 0 Å². The first-order chi connectivity index (χ1) is 14.0. The molecule has 0 aliphatic carbocycles. The summed E-state index contributed by atoms with van der Waals surface area (Å²) in [6.45, 7) is 4.38. The largest absolute Gasteiger partial charge is 0.379 e. The van der Waals surface area contributed by atoms with Gasteiger partial charge in [-0.3, -0.25) is 14.6 Å². The fourth-order valence-corrected chi connectivity index (χ4v) is 4.98. The first-order valence-corrected chi connectivity index (χ1v) is 11.5. The summed E-state index contributed by atoms with van der Waals surface area (Å²) >= 11 is 17.3. The number of rotatable bonds is 5. The van der Waals surface area contributed by atoms with Crippen molar-refractivity contribution in [3.05, 3.63) is 56.5 Å². The number of anilines is 1. The lowest BCUT2D eigenvalue weighted by Crippen LogP contribution is -2.43. The Morgan fingerprint density at radius 2 is 2.00 bits per heavy atom. The Labute approximate surface area is 191 Å². The number of aromatic nitrogens is 1. The number of fused-ring (bicyclic) bond motifs is 1. The van der Waals surface area contributed by atoms with Crippen molar-refractivity contribution in [3.8, 4) is 0 Å². The van der Waals surface area contributed by atoms with E-state index < -0.39 is 0 Å². The summed E-state index contributed by atoms with van der Waals surface area (Å²) in [6, 6.07) is 10.8. The molecule has 2 aromatic carbocycles. The Morgan fingerprint density at radius 1 is 1.21 bits per heavy atom. The van der Waals surface area contributed by atoms with E-state index in [0.717, 1.165) is 34.3 Å². The summed E-state index contributed by atoms with van der Waals surface area (Å²) in [6.07, 6.45) is 0. The number of thiazole rings is 1. The maximum Gasteiger partial charge on any atom is 0.261 e.